The summed E-state index contributed by atoms with van der Waals surface area (Å²) < 4.78 is 4.70. The maximum Gasteiger partial charge on any atom is 0.164 e. The predicted octanol–water partition coefficient (Wildman–Crippen LogP) is 9.26. The molecule has 0 fully saturated rings. The molecule has 242 valence electrons. The minimum atomic E-state index is 0.618. The Morgan fingerprint density at radius 3 is 1.55 bits per heavy atom. The van der Waals surface area contributed by atoms with Crippen LogP contribution in [0.1, 0.15) is 6.92 Å². The Morgan fingerprint density at radius 2 is 0.941 bits per heavy atom. The molecule has 0 unspecified atom stereocenters. The summed E-state index contributed by atoms with van der Waals surface area (Å²) in [7, 11) is 0. The minimum absolute atomic E-state index is 0.618. The standard InChI is InChI=1S/C46H33N5/c1-3-39-42(43-31(2)37-26-13-15-28-40(37)51(43)35-23-11-6-12-24-35)38-27-14-16-29-41(38)50(39)36-25-17-22-34(30-36)46-48-44(32-18-7-4-8-19-32)47-45(49-46)33-20-9-5-10-21-33/h3-30H,2H2,1H3/b39-3+,43-42+. The van der Waals surface area contributed by atoms with Crippen molar-refractivity contribution in [2.75, 3.05) is 0 Å². The van der Waals surface area contributed by atoms with Gasteiger partial charge in [0.15, 0.2) is 17.5 Å². The Balaban J connectivity index is 1.34. The summed E-state index contributed by atoms with van der Waals surface area (Å²) in [5, 5.41) is 6.60. The number of para-hydroxylation sites is 3. The molecule has 0 aliphatic carbocycles. The van der Waals surface area contributed by atoms with Crippen molar-refractivity contribution in [2.45, 2.75) is 6.92 Å². The first-order chi connectivity index (χ1) is 25.2. The van der Waals surface area contributed by atoms with E-state index in [2.05, 4.69) is 132 Å². The third-order valence-corrected chi connectivity index (χ3v) is 9.48. The van der Waals surface area contributed by atoms with Gasteiger partial charge in [0.25, 0.3) is 0 Å². The van der Waals surface area contributed by atoms with Crippen molar-refractivity contribution >= 4 is 34.5 Å². The predicted molar refractivity (Wildman–Crippen MR) is 209 cm³/mol. The number of hydrogen-bond donors (Lipinski definition) is 0. The number of hydrogen-bond acceptors (Lipinski definition) is 3. The average Bonchev–Trinajstić information content (AvgIpc) is 3.69. The zero-order valence-corrected chi connectivity index (χ0v) is 28.1. The molecule has 51 heavy (non-hydrogen) atoms. The first kappa shape index (κ1) is 30.2. The van der Waals surface area contributed by atoms with E-state index in [4.69, 9.17) is 15.0 Å². The highest BCUT2D eigenvalue weighted by Gasteiger charge is 2.17. The van der Waals surface area contributed by atoms with E-state index in [0.717, 1.165) is 71.0 Å². The van der Waals surface area contributed by atoms with E-state index in [1.165, 1.54) is 0 Å². The summed E-state index contributed by atoms with van der Waals surface area (Å²) in [6, 6.07) is 56.4. The molecular formula is C46H33N5. The summed E-state index contributed by atoms with van der Waals surface area (Å²) in [6.07, 6.45) is 2.21. The van der Waals surface area contributed by atoms with Crippen LogP contribution >= 0.6 is 0 Å². The van der Waals surface area contributed by atoms with Crippen LogP contribution in [0, 0.1) is 10.6 Å². The van der Waals surface area contributed by atoms with Gasteiger partial charge in [-0.05, 0) is 43.3 Å². The molecule has 0 aliphatic rings. The second-order valence-electron chi connectivity index (χ2n) is 12.5. The molecule has 5 heteroatoms. The summed E-state index contributed by atoms with van der Waals surface area (Å²) >= 11 is 0. The molecule has 0 bridgehead atoms. The van der Waals surface area contributed by atoms with E-state index in [1.807, 2.05) is 60.7 Å². The third-order valence-electron chi connectivity index (χ3n) is 9.48. The molecule has 0 aliphatic heterocycles. The van der Waals surface area contributed by atoms with Gasteiger partial charge in [-0.2, -0.15) is 0 Å². The Hall–Kier alpha value is -6.85. The summed E-state index contributed by atoms with van der Waals surface area (Å²) in [6.45, 7) is 6.80. The van der Waals surface area contributed by atoms with Crippen molar-refractivity contribution in [1.29, 1.82) is 0 Å². The van der Waals surface area contributed by atoms with Gasteiger partial charge in [-0.1, -0.05) is 140 Å². The van der Waals surface area contributed by atoms with Crippen molar-refractivity contribution in [2.24, 2.45) is 0 Å². The molecule has 9 rings (SSSR count). The smallest absolute Gasteiger partial charge is 0.164 e. The second kappa shape index (κ2) is 12.6. The van der Waals surface area contributed by atoms with Crippen molar-refractivity contribution in [1.82, 2.24) is 24.1 Å². The molecule has 3 aromatic heterocycles. The minimum Gasteiger partial charge on any atom is -0.309 e. The highest BCUT2D eigenvalue weighted by atomic mass is 15.0. The molecule has 9 aromatic rings. The zero-order valence-electron chi connectivity index (χ0n) is 28.1. The molecule has 0 spiro atoms. The van der Waals surface area contributed by atoms with Crippen LogP contribution in [0.2, 0.25) is 0 Å². The number of nitrogens with zero attached hydrogens (tertiary/aromatic N) is 5. The van der Waals surface area contributed by atoms with Crippen LogP contribution in [0.3, 0.4) is 0 Å². The van der Waals surface area contributed by atoms with Gasteiger partial charge in [0.1, 0.15) is 0 Å². The highest BCUT2D eigenvalue weighted by molar-refractivity contribution is 5.87. The van der Waals surface area contributed by atoms with Crippen LogP contribution in [0.15, 0.2) is 164 Å². The van der Waals surface area contributed by atoms with Crippen LogP contribution < -0.4 is 10.6 Å². The van der Waals surface area contributed by atoms with E-state index < -0.39 is 0 Å². The number of rotatable bonds is 5. The molecule has 5 nitrogen and oxygen atoms in total. The lowest BCUT2D eigenvalue weighted by atomic mass is 10.1. The van der Waals surface area contributed by atoms with Crippen LogP contribution in [-0.2, 0) is 0 Å². The maximum absolute atomic E-state index is 5.02. The van der Waals surface area contributed by atoms with Crippen molar-refractivity contribution in [3.63, 3.8) is 0 Å². The fourth-order valence-electron chi connectivity index (χ4n) is 7.20. The van der Waals surface area contributed by atoms with Crippen LogP contribution in [0.25, 0.3) is 80.0 Å². The van der Waals surface area contributed by atoms with E-state index in [1.54, 1.807) is 0 Å². The lowest BCUT2D eigenvalue weighted by molar-refractivity contribution is 1.03. The lowest BCUT2D eigenvalue weighted by Crippen LogP contribution is -2.17. The molecule has 0 saturated carbocycles. The first-order valence-electron chi connectivity index (χ1n) is 17.1. The Kier molecular flexibility index (Phi) is 7.44. The molecular weight excluding hydrogens is 623 g/mol. The van der Waals surface area contributed by atoms with E-state index in [-0.39, 0.29) is 0 Å². The van der Waals surface area contributed by atoms with Crippen molar-refractivity contribution in [3.05, 3.63) is 185 Å². The fourth-order valence-corrected chi connectivity index (χ4v) is 7.20. The van der Waals surface area contributed by atoms with Crippen LogP contribution in [-0.4, -0.2) is 24.1 Å². The topological polar surface area (TPSA) is 48.5 Å². The monoisotopic (exact) mass is 655 g/mol. The van der Waals surface area contributed by atoms with Gasteiger partial charge in [-0.25, -0.2) is 15.0 Å². The Bertz CT molecular complexity index is 2870. The van der Waals surface area contributed by atoms with Gasteiger partial charge in [-0.15, -0.1) is 0 Å². The molecule has 0 saturated heterocycles. The quantitative estimate of drug-likeness (QED) is 0.186. The summed E-state index contributed by atoms with van der Waals surface area (Å²) in [4.78, 5) is 14.9. The average molecular weight is 656 g/mol. The number of aromatic nitrogens is 5. The maximum atomic E-state index is 5.02. The van der Waals surface area contributed by atoms with Crippen molar-refractivity contribution in [3.8, 4) is 45.5 Å². The number of fused-ring (bicyclic) bond motifs is 2. The molecule has 6 aromatic carbocycles. The van der Waals surface area contributed by atoms with Gasteiger partial charge >= 0.3 is 0 Å². The van der Waals surface area contributed by atoms with Crippen LogP contribution in [0.5, 0.6) is 0 Å². The largest absolute Gasteiger partial charge is 0.309 e. The van der Waals surface area contributed by atoms with E-state index >= 15 is 0 Å². The third kappa shape index (κ3) is 5.15. The van der Waals surface area contributed by atoms with Gasteiger partial charge < -0.3 is 9.13 Å². The Morgan fingerprint density at radius 1 is 0.471 bits per heavy atom. The van der Waals surface area contributed by atoms with Gasteiger partial charge in [-0.3, -0.25) is 0 Å². The van der Waals surface area contributed by atoms with E-state index in [9.17, 15) is 0 Å². The Labute approximate surface area is 295 Å². The van der Waals surface area contributed by atoms with Gasteiger partial charge in [0.2, 0.25) is 0 Å². The van der Waals surface area contributed by atoms with Crippen LogP contribution in [0.4, 0.5) is 0 Å². The second-order valence-corrected chi connectivity index (χ2v) is 12.5. The van der Waals surface area contributed by atoms with Crippen molar-refractivity contribution < 1.29 is 0 Å². The fraction of sp³-hybridized carbons (Fsp3) is 0.0217. The molecule has 0 amide bonds. The van der Waals surface area contributed by atoms with E-state index in [0.29, 0.717) is 17.5 Å². The molecule has 0 radical (unpaired) electrons. The molecule has 3 heterocycles. The summed E-state index contributed by atoms with van der Waals surface area (Å²) in [5.41, 5.74) is 7.13. The first-order valence-corrected chi connectivity index (χ1v) is 17.1. The highest BCUT2D eigenvalue weighted by Crippen LogP contribution is 2.28. The summed E-state index contributed by atoms with van der Waals surface area (Å²) in [5.74, 6) is 1.89. The lowest BCUT2D eigenvalue weighted by Gasteiger charge is -2.11. The van der Waals surface area contributed by atoms with Gasteiger partial charge in [0, 0.05) is 49.3 Å². The SMILES string of the molecule is C=c1/c(=c2\c(=C/C)n(-c3cccc(-c4nc(-c5ccccc5)nc(-c5ccccc5)n4)c3)c3ccccc23)n(-c2ccccc2)c2ccccc12. The molecule has 0 N–H and O–H groups in total. The zero-order chi connectivity index (χ0) is 34.3. The number of benzene rings is 6. The van der Waals surface area contributed by atoms with Gasteiger partial charge in [0.05, 0.1) is 21.7 Å². The molecule has 0 atom stereocenters. The normalized spacial score (nSPS) is 12.5.